The van der Waals surface area contributed by atoms with Crippen molar-refractivity contribution in [1.29, 1.82) is 0 Å². The Morgan fingerprint density at radius 3 is 2.48 bits per heavy atom. The molecule has 1 N–H and O–H groups in total. The van der Waals surface area contributed by atoms with Crippen LogP contribution in [0.15, 0.2) is 18.2 Å². The van der Waals surface area contributed by atoms with Crippen molar-refractivity contribution in [2.75, 3.05) is 13.1 Å². The first-order valence-electron chi connectivity index (χ1n) is 7.12. The van der Waals surface area contributed by atoms with Gasteiger partial charge in [0.2, 0.25) is 0 Å². The van der Waals surface area contributed by atoms with E-state index < -0.39 is 11.7 Å². The Morgan fingerprint density at radius 1 is 1.19 bits per heavy atom. The molecule has 1 aliphatic heterocycles. The summed E-state index contributed by atoms with van der Waals surface area (Å²) in [4.78, 5) is 0. The average molecular weight is 320 g/mol. The number of alkyl halides is 3. The lowest BCUT2D eigenvalue weighted by Gasteiger charge is -2.17. The van der Waals surface area contributed by atoms with Crippen molar-refractivity contribution >= 4 is 11.6 Å². The van der Waals surface area contributed by atoms with Crippen molar-refractivity contribution < 1.29 is 17.9 Å². The lowest BCUT2D eigenvalue weighted by molar-refractivity contribution is -0.139. The molecule has 1 aliphatic carbocycles. The van der Waals surface area contributed by atoms with Crippen LogP contribution in [-0.4, -0.2) is 19.2 Å². The summed E-state index contributed by atoms with van der Waals surface area (Å²) in [5.41, 5.74) is -0.656. The first-order valence-corrected chi connectivity index (χ1v) is 7.50. The van der Waals surface area contributed by atoms with Gasteiger partial charge in [-0.3, -0.25) is 0 Å². The average Bonchev–Trinajstić information content (AvgIpc) is 2.95. The largest absolute Gasteiger partial charge is 0.418 e. The van der Waals surface area contributed by atoms with Gasteiger partial charge in [-0.15, -0.1) is 0 Å². The van der Waals surface area contributed by atoms with Crippen molar-refractivity contribution in [3.05, 3.63) is 34.3 Å². The number of rotatable bonds is 3. The van der Waals surface area contributed by atoms with Gasteiger partial charge in [0.05, 0.1) is 23.3 Å². The lowest BCUT2D eigenvalue weighted by Crippen LogP contribution is -2.17. The monoisotopic (exact) mass is 319 g/mol. The molecule has 0 spiro atoms. The van der Waals surface area contributed by atoms with Crippen LogP contribution < -0.4 is 5.32 Å². The standard InChI is InChI=1S/C15H17ClF3NO/c16-13-3-1-2-9(14(13)15(17,18)19)8-21-12-4-10-6-20-7-11(10)5-12/h1-3,10-12,20H,4-8H2/t10-,11+,12+. The number of hydrogen-bond donors (Lipinski definition) is 1. The summed E-state index contributed by atoms with van der Waals surface area (Å²) < 4.78 is 44.9. The van der Waals surface area contributed by atoms with Gasteiger partial charge >= 0.3 is 6.18 Å². The molecule has 1 aromatic rings. The first kappa shape index (κ1) is 15.1. The van der Waals surface area contributed by atoms with Crippen LogP contribution in [0.5, 0.6) is 0 Å². The van der Waals surface area contributed by atoms with E-state index >= 15 is 0 Å². The smallest absolute Gasteiger partial charge is 0.374 e. The van der Waals surface area contributed by atoms with Gasteiger partial charge in [0, 0.05) is 0 Å². The summed E-state index contributed by atoms with van der Waals surface area (Å²) in [5, 5.41) is 3.07. The Hall–Kier alpha value is -0.780. The Kier molecular flexibility index (Phi) is 4.17. The van der Waals surface area contributed by atoms with Gasteiger partial charge in [-0.1, -0.05) is 23.7 Å². The van der Waals surface area contributed by atoms with Gasteiger partial charge in [-0.2, -0.15) is 13.2 Å². The highest BCUT2D eigenvalue weighted by Crippen LogP contribution is 2.39. The molecule has 116 valence electrons. The molecule has 3 rings (SSSR count). The molecular weight excluding hydrogens is 303 g/mol. The van der Waals surface area contributed by atoms with Gasteiger partial charge < -0.3 is 10.1 Å². The summed E-state index contributed by atoms with van der Waals surface area (Å²) in [7, 11) is 0. The van der Waals surface area contributed by atoms with Crippen LogP contribution in [0.4, 0.5) is 13.2 Å². The number of benzene rings is 1. The minimum Gasteiger partial charge on any atom is -0.374 e. The van der Waals surface area contributed by atoms with Gasteiger partial charge in [0.15, 0.2) is 0 Å². The predicted molar refractivity (Wildman–Crippen MR) is 74.1 cm³/mol. The third-order valence-electron chi connectivity index (χ3n) is 4.47. The third-order valence-corrected chi connectivity index (χ3v) is 4.78. The van der Waals surface area contributed by atoms with E-state index in [2.05, 4.69) is 5.32 Å². The van der Waals surface area contributed by atoms with Crippen LogP contribution in [0.25, 0.3) is 0 Å². The van der Waals surface area contributed by atoms with Crippen LogP contribution in [0.2, 0.25) is 5.02 Å². The van der Waals surface area contributed by atoms with E-state index in [4.69, 9.17) is 16.3 Å². The highest BCUT2D eigenvalue weighted by Gasteiger charge is 2.39. The predicted octanol–water partition coefficient (Wildman–Crippen LogP) is 3.87. The van der Waals surface area contributed by atoms with E-state index in [1.807, 2.05) is 0 Å². The topological polar surface area (TPSA) is 21.3 Å². The van der Waals surface area contributed by atoms with Crippen molar-refractivity contribution in [1.82, 2.24) is 5.32 Å². The van der Waals surface area contributed by atoms with Gasteiger partial charge in [-0.05, 0) is 49.4 Å². The second-order valence-corrected chi connectivity index (χ2v) is 6.26. The fourth-order valence-corrected chi connectivity index (χ4v) is 3.76. The van der Waals surface area contributed by atoms with Crippen molar-refractivity contribution in [3.63, 3.8) is 0 Å². The quantitative estimate of drug-likeness (QED) is 0.913. The van der Waals surface area contributed by atoms with Crippen molar-refractivity contribution in [2.45, 2.75) is 31.7 Å². The SMILES string of the molecule is FC(F)(F)c1c(Cl)cccc1CO[C@@H]1C[C@H]2CNC[C@H]2C1. The number of fused-ring (bicyclic) bond motifs is 1. The summed E-state index contributed by atoms with van der Waals surface area (Å²) in [6, 6.07) is 4.23. The number of halogens is 4. The van der Waals surface area contributed by atoms with Crippen LogP contribution in [0.1, 0.15) is 24.0 Å². The Morgan fingerprint density at radius 2 is 1.86 bits per heavy atom. The van der Waals surface area contributed by atoms with Crippen molar-refractivity contribution in [3.8, 4) is 0 Å². The summed E-state index contributed by atoms with van der Waals surface area (Å²) in [6.07, 6.45) is -2.53. The molecular formula is C15H17ClF3NO. The molecule has 0 amide bonds. The molecule has 2 fully saturated rings. The van der Waals surface area contributed by atoms with E-state index in [1.165, 1.54) is 18.2 Å². The molecule has 1 saturated carbocycles. The Balaban J connectivity index is 1.67. The molecule has 1 saturated heterocycles. The number of hydrogen-bond acceptors (Lipinski definition) is 2. The molecule has 21 heavy (non-hydrogen) atoms. The zero-order chi connectivity index (χ0) is 15.0. The maximum atomic E-state index is 13.0. The maximum Gasteiger partial charge on any atom is 0.418 e. The second kappa shape index (κ2) is 5.78. The third kappa shape index (κ3) is 3.20. The van der Waals surface area contributed by atoms with Gasteiger partial charge in [0.25, 0.3) is 0 Å². The Bertz CT molecular complexity index is 508. The maximum absolute atomic E-state index is 13.0. The van der Waals surface area contributed by atoms with E-state index in [1.54, 1.807) is 0 Å². The highest BCUT2D eigenvalue weighted by atomic mass is 35.5. The molecule has 3 atom stereocenters. The molecule has 2 aliphatic rings. The summed E-state index contributed by atoms with van der Waals surface area (Å²) in [6.45, 7) is 1.96. The molecule has 0 radical (unpaired) electrons. The minimum atomic E-state index is -4.45. The van der Waals surface area contributed by atoms with E-state index in [-0.39, 0.29) is 23.3 Å². The van der Waals surface area contributed by atoms with E-state index in [0.717, 1.165) is 25.9 Å². The molecule has 0 unspecified atom stereocenters. The minimum absolute atomic E-state index is 0.0348. The molecule has 1 heterocycles. The van der Waals surface area contributed by atoms with Gasteiger partial charge in [-0.25, -0.2) is 0 Å². The second-order valence-electron chi connectivity index (χ2n) is 5.85. The molecule has 0 bridgehead atoms. The summed E-state index contributed by atoms with van der Waals surface area (Å²) in [5.74, 6) is 1.22. The fourth-order valence-electron chi connectivity index (χ4n) is 3.46. The normalized spacial score (nSPS) is 28.9. The van der Waals surface area contributed by atoms with Crippen LogP contribution >= 0.6 is 11.6 Å². The highest BCUT2D eigenvalue weighted by molar-refractivity contribution is 6.31. The van der Waals surface area contributed by atoms with Crippen LogP contribution in [-0.2, 0) is 17.5 Å². The molecule has 2 nitrogen and oxygen atoms in total. The molecule has 6 heteroatoms. The van der Waals surface area contributed by atoms with Crippen molar-refractivity contribution in [2.24, 2.45) is 11.8 Å². The van der Waals surface area contributed by atoms with E-state index in [9.17, 15) is 13.2 Å². The van der Waals surface area contributed by atoms with Crippen LogP contribution in [0, 0.1) is 11.8 Å². The summed E-state index contributed by atoms with van der Waals surface area (Å²) >= 11 is 5.70. The molecule has 1 aromatic carbocycles. The van der Waals surface area contributed by atoms with E-state index in [0.29, 0.717) is 11.8 Å². The first-order chi connectivity index (χ1) is 9.95. The zero-order valence-electron chi connectivity index (χ0n) is 11.4. The fraction of sp³-hybridized carbons (Fsp3) is 0.600. The number of nitrogens with one attached hydrogen (secondary N) is 1. The Labute approximate surface area is 126 Å². The lowest BCUT2D eigenvalue weighted by atomic mass is 10.0. The van der Waals surface area contributed by atoms with Gasteiger partial charge in [0.1, 0.15) is 0 Å². The van der Waals surface area contributed by atoms with Crippen LogP contribution in [0.3, 0.4) is 0 Å². The number of ether oxygens (including phenoxy) is 1. The molecule has 0 aromatic heterocycles. The zero-order valence-corrected chi connectivity index (χ0v) is 12.2.